The predicted molar refractivity (Wildman–Crippen MR) is 183 cm³/mol. The van der Waals surface area contributed by atoms with Crippen molar-refractivity contribution in [3.63, 3.8) is 0 Å². The second-order valence-corrected chi connectivity index (χ2v) is 11.2. The highest BCUT2D eigenvalue weighted by Crippen LogP contribution is 2.26. The summed E-state index contributed by atoms with van der Waals surface area (Å²) in [6.07, 6.45) is -1.20. The van der Waals surface area contributed by atoms with Crippen molar-refractivity contribution in [1.29, 1.82) is 0 Å². The molecule has 0 saturated heterocycles. The maximum absolute atomic E-state index is 11.5. The number of carbonyl (C=O) groups is 2. The fourth-order valence-electron chi connectivity index (χ4n) is 2.99. The zero-order valence-corrected chi connectivity index (χ0v) is 27.2. The zero-order chi connectivity index (χ0) is 36.7. The Labute approximate surface area is 271 Å². The molecule has 0 aliphatic rings. The van der Waals surface area contributed by atoms with Crippen LogP contribution in [0.15, 0.2) is 54.6 Å². The van der Waals surface area contributed by atoms with Crippen LogP contribution in [0.1, 0.15) is 41.5 Å². The summed E-state index contributed by atoms with van der Waals surface area (Å²) in [4.78, 5) is 42.6. The number of amides is 2. The van der Waals surface area contributed by atoms with E-state index in [1.54, 1.807) is 59.7 Å². The van der Waals surface area contributed by atoms with Gasteiger partial charge in [0.15, 0.2) is 0 Å². The number of nitro benzene ring substituents is 2. The molecule has 0 unspecified atom stereocenters. The monoisotopic (exact) mass is 661 g/mol. The van der Waals surface area contributed by atoms with Gasteiger partial charge in [0.25, 0.3) is 11.4 Å². The first kappa shape index (κ1) is 41.0. The maximum Gasteiger partial charge on any atom is 0.412 e. The molecule has 3 rings (SSSR count). The first-order chi connectivity index (χ1) is 21.6. The molecular formula is C29H43N9O9. The zero-order valence-electron chi connectivity index (χ0n) is 27.2. The van der Waals surface area contributed by atoms with E-state index in [0.717, 1.165) is 7.11 Å². The Hall–Kier alpha value is -6.04. The minimum Gasteiger partial charge on any atom is -0.444 e. The molecule has 0 aliphatic heterocycles. The lowest BCUT2D eigenvalue weighted by Crippen LogP contribution is -2.27. The second kappa shape index (κ2) is 18.1. The van der Waals surface area contributed by atoms with Gasteiger partial charge in [0, 0.05) is 30.6 Å². The molecule has 0 atom stereocenters. The highest BCUT2D eigenvalue weighted by Gasteiger charge is 2.18. The number of nitrogens with two attached hydrogens (primary N) is 5. The van der Waals surface area contributed by atoms with Gasteiger partial charge in [-0.3, -0.25) is 30.9 Å². The van der Waals surface area contributed by atoms with Gasteiger partial charge in [-0.1, -0.05) is 0 Å². The Balaban J connectivity index is 0.000000674. The SMILES string of the molecule is CC(C)(C)OC(=O)Nc1ccc(N)c(N)c1.CC(C)(C)OC(=O)Nc1ccc(N)c([N+](=O)[O-])c1.CO.Nc1ccc(N)c([N+](=O)[O-])c1. The fourth-order valence-corrected chi connectivity index (χ4v) is 2.99. The van der Waals surface area contributed by atoms with Crippen molar-refractivity contribution in [2.45, 2.75) is 52.7 Å². The van der Waals surface area contributed by atoms with Gasteiger partial charge in [-0.25, -0.2) is 9.59 Å². The van der Waals surface area contributed by atoms with Crippen LogP contribution in [0.3, 0.4) is 0 Å². The molecule has 258 valence electrons. The number of aliphatic hydroxyl groups is 1. The fraction of sp³-hybridized carbons (Fsp3) is 0.310. The molecule has 3 aromatic carbocycles. The number of nitro groups is 2. The summed E-state index contributed by atoms with van der Waals surface area (Å²) >= 11 is 0. The van der Waals surface area contributed by atoms with Crippen LogP contribution in [0.4, 0.5) is 60.8 Å². The minimum absolute atomic E-state index is 0.0368. The highest BCUT2D eigenvalue weighted by atomic mass is 16.6. The largest absolute Gasteiger partial charge is 0.444 e. The van der Waals surface area contributed by atoms with Crippen molar-refractivity contribution < 1.29 is 34.0 Å². The van der Waals surface area contributed by atoms with Gasteiger partial charge < -0.3 is 43.2 Å². The molecule has 2 amide bonds. The molecule has 0 aliphatic carbocycles. The number of hydrogen-bond donors (Lipinski definition) is 8. The molecular weight excluding hydrogens is 618 g/mol. The summed E-state index contributed by atoms with van der Waals surface area (Å²) in [5.74, 6) is 0. The first-order valence-electron chi connectivity index (χ1n) is 13.5. The minimum atomic E-state index is -0.679. The van der Waals surface area contributed by atoms with Gasteiger partial charge in [-0.2, -0.15) is 0 Å². The number of nitrogens with zero attached hydrogens (tertiary/aromatic N) is 2. The van der Waals surface area contributed by atoms with E-state index in [0.29, 0.717) is 22.7 Å². The average Bonchev–Trinajstić information content (AvgIpc) is 2.92. The standard InChI is InChI=1S/C11H15N3O4.C11H17N3O2.C6H7N3O2.CH4O/c1-11(2,3)18-10(15)13-7-4-5-8(12)9(6-7)14(16)17;1-11(2,3)16-10(15)14-7-4-5-8(12)9(13)6-7;7-4-1-2-5(8)6(3-4)9(10)11;1-2/h4-6H,12H2,1-3H3,(H,13,15);4-6H,12-13H2,1-3H3,(H,14,15);1-3H,7-8H2;2H,1H3. The second-order valence-electron chi connectivity index (χ2n) is 11.2. The van der Waals surface area contributed by atoms with E-state index in [9.17, 15) is 29.8 Å². The normalized spacial score (nSPS) is 10.2. The van der Waals surface area contributed by atoms with E-state index in [1.165, 1.54) is 36.4 Å². The molecule has 18 heteroatoms. The van der Waals surface area contributed by atoms with E-state index in [2.05, 4.69) is 10.6 Å². The third-order valence-electron chi connectivity index (χ3n) is 4.86. The van der Waals surface area contributed by atoms with Gasteiger partial charge in [0.1, 0.15) is 22.6 Å². The van der Waals surface area contributed by atoms with Crippen molar-refractivity contribution in [1.82, 2.24) is 0 Å². The lowest BCUT2D eigenvalue weighted by atomic mass is 10.2. The lowest BCUT2D eigenvalue weighted by Gasteiger charge is -2.19. The topological polar surface area (TPSA) is 313 Å². The van der Waals surface area contributed by atoms with Gasteiger partial charge in [0.2, 0.25) is 0 Å². The number of carbonyl (C=O) groups excluding carboxylic acids is 2. The number of hydrogen-bond acceptors (Lipinski definition) is 14. The molecule has 3 aromatic rings. The highest BCUT2D eigenvalue weighted by molar-refractivity contribution is 5.87. The summed E-state index contributed by atoms with van der Waals surface area (Å²) < 4.78 is 10.1. The number of ether oxygens (including phenoxy) is 2. The molecule has 0 fully saturated rings. The smallest absolute Gasteiger partial charge is 0.412 e. The Morgan fingerprint density at radius 1 is 0.617 bits per heavy atom. The molecule has 0 saturated carbocycles. The molecule has 0 aromatic heterocycles. The van der Waals surface area contributed by atoms with Crippen molar-refractivity contribution >= 4 is 63.4 Å². The van der Waals surface area contributed by atoms with Crippen LogP contribution in [-0.2, 0) is 9.47 Å². The van der Waals surface area contributed by atoms with Crippen molar-refractivity contribution in [2.75, 3.05) is 46.4 Å². The predicted octanol–water partition coefficient (Wildman–Crippen LogP) is 5.09. The Morgan fingerprint density at radius 3 is 1.34 bits per heavy atom. The van der Waals surface area contributed by atoms with Crippen LogP contribution in [0, 0.1) is 20.2 Å². The number of benzene rings is 3. The third kappa shape index (κ3) is 16.6. The van der Waals surface area contributed by atoms with Crippen molar-refractivity contribution in [3.05, 3.63) is 74.8 Å². The van der Waals surface area contributed by atoms with E-state index < -0.39 is 33.2 Å². The molecule has 13 N–H and O–H groups in total. The maximum atomic E-state index is 11.5. The molecule has 0 heterocycles. The van der Waals surface area contributed by atoms with Crippen LogP contribution >= 0.6 is 0 Å². The van der Waals surface area contributed by atoms with Crippen LogP contribution in [-0.4, -0.2) is 45.5 Å². The Morgan fingerprint density at radius 2 is 0.979 bits per heavy atom. The number of anilines is 7. The molecule has 0 bridgehead atoms. The van der Waals surface area contributed by atoms with Gasteiger partial charge in [-0.15, -0.1) is 0 Å². The summed E-state index contributed by atoms with van der Waals surface area (Å²) in [6.45, 7) is 10.5. The van der Waals surface area contributed by atoms with Gasteiger partial charge >= 0.3 is 12.2 Å². The van der Waals surface area contributed by atoms with Crippen molar-refractivity contribution in [3.8, 4) is 0 Å². The average molecular weight is 662 g/mol. The summed E-state index contributed by atoms with van der Waals surface area (Å²) in [6, 6.07) is 13.0. The number of aliphatic hydroxyl groups excluding tert-OH is 1. The summed E-state index contributed by atoms with van der Waals surface area (Å²) in [5.41, 5.74) is 27.8. The number of nitrogens with one attached hydrogen (secondary N) is 2. The number of rotatable bonds is 4. The molecule has 0 radical (unpaired) electrons. The van der Waals surface area contributed by atoms with Gasteiger partial charge in [0.05, 0.1) is 26.9 Å². The van der Waals surface area contributed by atoms with E-state index >= 15 is 0 Å². The summed E-state index contributed by atoms with van der Waals surface area (Å²) in [5, 5.41) is 32.9. The Bertz CT molecular complexity index is 1540. The van der Waals surface area contributed by atoms with Crippen LogP contribution in [0.2, 0.25) is 0 Å². The lowest BCUT2D eigenvalue weighted by molar-refractivity contribution is -0.384. The van der Waals surface area contributed by atoms with Crippen LogP contribution < -0.4 is 39.3 Å². The van der Waals surface area contributed by atoms with Crippen LogP contribution in [0.25, 0.3) is 0 Å². The van der Waals surface area contributed by atoms with E-state index in [-0.39, 0.29) is 28.4 Å². The van der Waals surface area contributed by atoms with Crippen LogP contribution in [0.5, 0.6) is 0 Å². The quantitative estimate of drug-likeness (QED) is 0.103. The third-order valence-corrected chi connectivity index (χ3v) is 4.86. The molecule has 18 nitrogen and oxygen atoms in total. The van der Waals surface area contributed by atoms with Gasteiger partial charge in [-0.05, 0) is 84.0 Å². The molecule has 47 heavy (non-hydrogen) atoms. The van der Waals surface area contributed by atoms with E-state index in [4.69, 9.17) is 43.2 Å². The molecule has 0 spiro atoms. The Kier molecular flexibility index (Phi) is 15.7. The first-order valence-corrected chi connectivity index (χ1v) is 13.5. The number of nitrogen functional groups attached to an aromatic ring is 5. The summed E-state index contributed by atoms with van der Waals surface area (Å²) in [7, 11) is 1.00. The van der Waals surface area contributed by atoms with E-state index in [1.807, 2.05) is 0 Å². The van der Waals surface area contributed by atoms with Crippen molar-refractivity contribution in [2.24, 2.45) is 0 Å².